The Kier molecular flexibility index (Phi) is 9.23. The average molecular weight is 558 g/mol. The first-order valence-electron chi connectivity index (χ1n) is 12.8. The van der Waals surface area contributed by atoms with Crippen molar-refractivity contribution >= 4 is 29.5 Å². The van der Waals surface area contributed by atoms with Crippen LogP contribution in [0.4, 0.5) is 0 Å². The number of carbonyl (C=O) groups excluding carboxylic acids is 3. The van der Waals surface area contributed by atoms with Gasteiger partial charge in [0.25, 0.3) is 11.8 Å². The number of nitrogens with one attached hydrogen (secondary N) is 2. The Hall–Kier alpha value is -3.24. The number of aliphatic hydroxyl groups is 1. The predicted octanol–water partition coefficient (Wildman–Crippen LogP) is 3.01. The fourth-order valence-electron chi connectivity index (χ4n) is 4.57. The first kappa shape index (κ1) is 30.3. The highest BCUT2D eigenvalue weighted by atomic mass is 32.2. The summed E-state index contributed by atoms with van der Waals surface area (Å²) in [5, 5.41) is 27.2. The van der Waals surface area contributed by atoms with Crippen LogP contribution < -0.4 is 15.4 Å². The molecule has 9 nitrogen and oxygen atoms in total. The summed E-state index contributed by atoms with van der Waals surface area (Å²) in [4.78, 5) is 41.7. The smallest absolute Gasteiger partial charge is 0.254 e. The van der Waals surface area contributed by atoms with Gasteiger partial charge >= 0.3 is 0 Å². The minimum absolute atomic E-state index is 0.0324. The molecule has 1 unspecified atom stereocenters. The minimum Gasteiger partial charge on any atom is -0.508 e. The van der Waals surface area contributed by atoms with Gasteiger partial charge in [0.2, 0.25) is 5.91 Å². The molecule has 0 radical (unpaired) electrons. The maximum Gasteiger partial charge on any atom is 0.254 e. The number of hydrogen-bond acceptors (Lipinski definition) is 7. The lowest BCUT2D eigenvalue weighted by Gasteiger charge is -2.35. The van der Waals surface area contributed by atoms with E-state index in [1.807, 2.05) is 34.6 Å². The monoisotopic (exact) mass is 557 g/mol. The third-order valence-electron chi connectivity index (χ3n) is 6.69. The summed E-state index contributed by atoms with van der Waals surface area (Å²) in [6, 6.07) is 9.88. The Bertz CT molecular complexity index is 1210. The van der Waals surface area contributed by atoms with Crippen LogP contribution in [0.5, 0.6) is 11.5 Å². The van der Waals surface area contributed by atoms with E-state index >= 15 is 0 Å². The van der Waals surface area contributed by atoms with Gasteiger partial charge < -0.3 is 30.5 Å². The van der Waals surface area contributed by atoms with E-state index in [-0.39, 0.29) is 29.5 Å². The lowest BCUT2D eigenvalue weighted by atomic mass is 9.96. The zero-order valence-corrected chi connectivity index (χ0v) is 24.4. The standard InChI is InChI=1S/C29H39N3O6S/c1-17-20(9-8-10-22(17)33)25(35)30-21(15-18-11-13-19(38-7)14-12-18)23(34)27(37)32-16-39-29(5,6)24(32)26(36)31-28(2,3)4/h8-14,21,23-24,33-34H,15-16H2,1-7H3,(H,30,35)(H,31,36)/t21-,23-,24?/m0/s1. The molecule has 2 aromatic rings. The van der Waals surface area contributed by atoms with Crippen molar-refractivity contribution in [2.45, 2.75) is 76.4 Å². The van der Waals surface area contributed by atoms with Gasteiger partial charge in [0.05, 0.1) is 19.0 Å². The number of aromatic hydroxyl groups is 1. The number of hydrogen-bond donors (Lipinski definition) is 4. The highest BCUT2D eigenvalue weighted by Crippen LogP contribution is 2.40. The van der Waals surface area contributed by atoms with E-state index in [1.54, 1.807) is 50.4 Å². The molecule has 0 bridgehead atoms. The molecule has 0 saturated carbocycles. The maximum atomic E-state index is 13.8. The molecule has 4 N–H and O–H groups in total. The van der Waals surface area contributed by atoms with Gasteiger partial charge in [-0.25, -0.2) is 0 Å². The summed E-state index contributed by atoms with van der Waals surface area (Å²) < 4.78 is 4.63. The number of carbonyl (C=O) groups is 3. The molecular formula is C29H39N3O6S. The fourth-order valence-corrected chi connectivity index (χ4v) is 5.71. The van der Waals surface area contributed by atoms with Crippen molar-refractivity contribution < 1.29 is 29.3 Å². The number of methoxy groups -OCH3 is 1. The molecule has 2 aromatic carbocycles. The summed E-state index contributed by atoms with van der Waals surface area (Å²) in [6.07, 6.45) is -1.49. The number of phenols is 1. The van der Waals surface area contributed by atoms with Crippen LogP contribution >= 0.6 is 11.8 Å². The third-order valence-corrected chi connectivity index (χ3v) is 8.07. The Morgan fingerprint density at radius 1 is 1.15 bits per heavy atom. The predicted molar refractivity (Wildman–Crippen MR) is 152 cm³/mol. The molecule has 3 atom stereocenters. The lowest BCUT2D eigenvalue weighted by molar-refractivity contribution is -0.147. The molecule has 0 spiro atoms. The van der Waals surface area contributed by atoms with Gasteiger partial charge in [-0.05, 0) is 77.8 Å². The number of aliphatic hydroxyl groups excluding tert-OH is 1. The zero-order chi connectivity index (χ0) is 29.1. The SMILES string of the molecule is COc1ccc(C[C@H](NC(=O)c2cccc(O)c2C)[C@H](O)C(=O)N2CSC(C)(C)C2C(=O)NC(C)(C)C)cc1. The van der Waals surface area contributed by atoms with E-state index < -0.39 is 40.3 Å². The van der Waals surface area contributed by atoms with Crippen LogP contribution in [0.25, 0.3) is 0 Å². The van der Waals surface area contributed by atoms with Gasteiger partial charge in [0.15, 0.2) is 6.10 Å². The molecule has 0 aliphatic carbocycles. The molecule has 212 valence electrons. The zero-order valence-electron chi connectivity index (χ0n) is 23.6. The first-order valence-corrected chi connectivity index (χ1v) is 13.8. The van der Waals surface area contributed by atoms with Crippen LogP contribution in [0, 0.1) is 6.92 Å². The van der Waals surface area contributed by atoms with Gasteiger partial charge in [-0.15, -0.1) is 11.8 Å². The molecule has 10 heteroatoms. The van der Waals surface area contributed by atoms with E-state index in [9.17, 15) is 24.6 Å². The van der Waals surface area contributed by atoms with Crippen LogP contribution in [-0.2, 0) is 16.0 Å². The Labute approximate surface area is 234 Å². The molecule has 1 fully saturated rings. The quantitative estimate of drug-likeness (QED) is 0.393. The topological polar surface area (TPSA) is 128 Å². The molecule has 3 amide bonds. The second-order valence-electron chi connectivity index (χ2n) is 11.4. The van der Waals surface area contributed by atoms with Crippen LogP contribution in [0.2, 0.25) is 0 Å². The number of phenolic OH excluding ortho intramolecular Hbond substituents is 1. The van der Waals surface area contributed by atoms with Crippen LogP contribution in [-0.4, -0.2) is 74.3 Å². The van der Waals surface area contributed by atoms with E-state index in [0.717, 1.165) is 5.56 Å². The summed E-state index contributed by atoms with van der Waals surface area (Å²) in [7, 11) is 1.56. The average Bonchev–Trinajstić information content (AvgIpc) is 3.18. The van der Waals surface area contributed by atoms with Crippen molar-refractivity contribution in [1.82, 2.24) is 15.5 Å². The summed E-state index contributed by atoms with van der Waals surface area (Å²) in [5.74, 6) is -0.643. The van der Waals surface area contributed by atoms with Crippen LogP contribution in [0.1, 0.15) is 56.1 Å². The van der Waals surface area contributed by atoms with E-state index in [0.29, 0.717) is 11.3 Å². The molecule has 39 heavy (non-hydrogen) atoms. The van der Waals surface area contributed by atoms with Crippen molar-refractivity contribution in [3.63, 3.8) is 0 Å². The Morgan fingerprint density at radius 3 is 2.38 bits per heavy atom. The van der Waals surface area contributed by atoms with Gasteiger partial charge in [-0.3, -0.25) is 14.4 Å². The van der Waals surface area contributed by atoms with Gasteiger partial charge in [0.1, 0.15) is 17.5 Å². The number of benzene rings is 2. The van der Waals surface area contributed by atoms with Gasteiger partial charge in [0, 0.05) is 21.4 Å². The van der Waals surface area contributed by atoms with E-state index in [4.69, 9.17) is 4.74 Å². The van der Waals surface area contributed by atoms with Crippen LogP contribution in [0.3, 0.4) is 0 Å². The highest BCUT2D eigenvalue weighted by Gasteiger charge is 2.50. The molecule has 1 aliphatic heterocycles. The minimum atomic E-state index is -1.63. The summed E-state index contributed by atoms with van der Waals surface area (Å²) >= 11 is 1.45. The van der Waals surface area contributed by atoms with Crippen molar-refractivity contribution in [3.05, 3.63) is 59.2 Å². The maximum absolute atomic E-state index is 13.8. The van der Waals surface area contributed by atoms with Gasteiger partial charge in [-0.2, -0.15) is 0 Å². The van der Waals surface area contributed by atoms with Crippen molar-refractivity contribution in [2.24, 2.45) is 0 Å². The van der Waals surface area contributed by atoms with E-state index in [2.05, 4.69) is 10.6 Å². The first-order chi connectivity index (χ1) is 18.1. The highest BCUT2D eigenvalue weighted by molar-refractivity contribution is 8.00. The Morgan fingerprint density at radius 2 is 1.79 bits per heavy atom. The number of thioether (sulfide) groups is 1. The molecular weight excluding hydrogens is 518 g/mol. The van der Waals surface area contributed by atoms with Crippen molar-refractivity contribution in [2.75, 3.05) is 13.0 Å². The molecule has 0 aromatic heterocycles. The second kappa shape index (κ2) is 11.9. The lowest BCUT2D eigenvalue weighted by Crippen LogP contribution is -2.60. The largest absolute Gasteiger partial charge is 0.508 e. The number of amides is 3. The molecule has 1 heterocycles. The van der Waals surface area contributed by atoms with Crippen molar-refractivity contribution in [1.29, 1.82) is 0 Å². The second-order valence-corrected chi connectivity index (χ2v) is 13.0. The van der Waals surface area contributed by atoms with Crippen molar-refractivity contribution in [3.8, 4) is 11.5 Å². The Balaban J connectivity index is 1.91. The number of ether oxygens (including phenoxy) is 1. The summed E-state index contributed by atoms with van der Waals surface area (Å²) in [5.41, 5.74) is 0.876. The van der Waals surface area contributed by atoms with E-state index in [1.165, 1.54) is 22.7 Å². The fraction of sp³-hybridized carbons (Fsp3) is 0.483. The molecule has 1 saturated heterocycles. The summed E-state index contributed by atoms with van der Waals surface area (Å²) in [6.45, 7) is 11.0. The van der Waals surface area contributed by atoms with Crippen LogP contribution in [0.15, 0.2) is 42.5 Å². The molecule has 1 aliphatic rings. The molecule has 3 rings (SSSR count). The number of rotatable bonds is 8. The normalized spacial score (nSPS) is 18.3. The number of nitrogens with zero attached hydrogens (tertiary/aromatic N) is 1. The van der Waals surface area contributed by atoms with Gasteiger partial charge in [-0.1, -0.05) is 18.2 Å². The third kappa shape index (κ3) is 7.24.